The normalized spacial score (nSPS) is 9.00. The zero-order valence-electron chi connectivity index (χ0n) is 7.44. The topological polar surface area (TPSA) is 48.6 Å². The second-order valence-electron chi connectivity index (χ2n) is 2.19. The summed E-state index contributed by atoms with van der Waals surface area (Å²) < 4.78 is 9.79. The van der Waals surface area contributed by atoms with Crippen molar-refractivity contribution < 1.29 is 9.47 Å². The maximum absolute atomic E-state index is 6.71. The number of ether oxygens (including phenoxy) is 2. The summed E-state index contributed by atoms with van der Waals surface area (Å²) in [6, 6.07) is 0.249. The minimum atomic E-state index is 0.169. The Kier molecular flexibility index (Phi) is 3.03. The van der Waals surface area contributed by atoms with Crippen LogP contribution in [0.25, 0.3) is 4.85 Å². The average molecular weight is 179 g/mol. The van der Waals surface area contributed by atoms with Crippen LogP contribution in [0.1, 0.15) is 5.69 Å². The highest BCUT2D eigenvalue weighted by molar-refractivity contribution is 5.26. The molecule has 0 saturated carbocycles. The molecule has 1 heterocycles. The molecular formula is C8H9N3O2. The van der Waals surface area contributed by atoms with Gasteiger partial charge in [0.15, 0.2) is 11.4 Å². The Balaban J connectivity index is 3.04. The second kappa shape index (κ2) is 4.26. The monoisotopic (exact) mass is 179 g/mol. The smallest absolute Gasteiger partial charge is 0.316 e. The van der Waals surface area contributed by atoms with E-state index in [-0.39, 0.29) is 12.6 Å². The third-order valence-corrected chi connectivity index (χ3v) is 1.44. The van der Waals surface area contributed by atoms with Crippen LogP contribution in [-0.4, -0.2) is 24.2 Å². The summed E-state index contributed by atoms with van der Waals surface area (Å²) in [6.45, 7) is 6.88. The lowest BCUT2D eigenvalue weighted by molar-refractivity contribution is 0.365. The van der Waals surface area contributed by atoms with Gasteiger partial charge in [0.2, 0.25) is 0 Å². The molecule has 68 valence electrons. The molecule has 1 rings (SSSR count). The summed E-state index contributed by atoms with van der Waals surface area (Å²) in [4.78, 5) is 11.0. The lowest BCUT2D eigenvalue weighted by Gasteiger charge is -2.03. The zero-order valence-corrected chi connectivity index (χ0v) is 7.44. The Hall–Kier alpha value is -1.83. The summed E-state index contributed by atoms with van der Waals surface area (Å²) in [5, 5.41) is 0. The van der Waals surface area contributed by atoms with Gasteiger partial charge in [0.25, 0.3) is 6.54 Å². The van der Waals surface area contributed by atoms with Crippen molar-refractivity contribution in [3.63, 3.8) is 0 Å². The van der Waals surface area contributed by atoms with E-state index in [4.69, 9.17) is 16.0 Å². The molecule has 0 atom stereocenters. The van der Waals surface area contributed by atoms with E-state index in [1.807, 2.05) is 0 Å². The molecule has 0 amide bonds. The van der Waals surface area contributed by atoms with E-state index in [9.17, 15) is 0 Å². The lowest BCUT2D eigenvalue weighted by Crippen LogP contribution is -1.99. The fourth-order valence-corrected chi connectivity index (χ4v) is 0.845. The molecule has 0 saturated heterocycles. The SMILES string of the molecule is [C-]#[N+]Cc1nc(OC)ncc1OC. The van der Waals surface area contributed by atoms with Gasteiger partial charge in [-0.2, -0.15) is 9.97 Å². The average Bonchev–Trinajstić information content (AvgIpc) is 2.18. The van der Waals surface area contributed by atoms with Gasteiger partial charge >= 0.3 is 6.01 Å². The van der Waals surface area contributed by atoms with E-state index in [1.165, 1.54) is 20.4 Å². The molecule has 0 aliphatic heterocycles. The third kappa shape index (κ3) is 2.06. The summed E-state index contributed by atoms with van der Waals surface area (Å²) >= 11 is 0. The van der Waals surface area contributed by atoms with Gasteiger partial charge in [-0.25, -0.2) is 6.57 Å². The maximum atomic E-state index is 6.71. The summed E-state index contributed by atoms with van der Waals surface area (Å²) in [7, 11) is 2.99. The number of rotatable bonds is 3. The molecule has 1 aromatic rings. The molecule has 0 N–H and O–H groups in total. The zero-order chi connectivity index (χ0) is 9.68. The van der Waals surface area contributed by atoms with Crippen molar-refractivity contribution in [1.82, 2.24) is 9.97 Å². The summed E-state index contributed by atoms with van der Waals surface area (Å²) in [5.41, 5.74) is 0.546. The fraction of sp³-hybridized carbons (Fsp3) is 0.375. The largest absolute Gasteiger partial charge is 0.493 e. The van der Waals surface area contributed by atoms with Crippen molar-refractivity contribution in [2.75, 3.05) is 14.2 Å². The molecule has 0 fully saturated rings. The number of aromatic nitrogens is 2. The van der Waals surface area contributed by atoms with Gasteiger partial charge in [0, 0.05) is 0 Å². The predicted octanol–water partition coefficient (Wildman–Crippen LogP) is 0.913. The third-order valence-electron chi connectivity index (χ3n) is 1.44. The first-order valence-electron chi connectivity index (χ1n) is 3.59. The van der Waals surface area contributed by atoms with Crippen molar-refractivity contribution in [2.24, 2.45) is 0 Å². The molecule has 5 heteroatoms. The standard InChI is InChI=1S/C8H9N3O2/c1-9-4-6-7(12-2)5-10-8(11-6)13-3/h5H,4H2,2-3H3. The number of nitrogens with zero attached hydrogens (tertiary/aromatic N) is 3. The molecule has 0 bridgehead atoms. The van der Waals surface area contributed by atoms with Gasteiger partial charge in [-0.1, -0.05) is 0 Å². The van der Waals surface area contributed by atoms with Crippen LogP contribution in [-0.2, 0) is 6.54 Å². The summed E-state index contributed by atoms with van der Waals surface area (Å²) in [5.74, 6) is 0.511. The van der Waals surface area contributed by atoms with Crippen LogP contribution in [0, 0.1) is 6.57 Å². The maximum Gasteiger partial charge on any atom is 0.316 e. The molecule has 0 radical (unpaired) electrons. The summed E-state index contributed by atoms with van der Waals surface area (Å²) in [6.07, 6.45) is 1.49. The van der Waals surface area contributed by atoms with E-state index in [2.05, 4.69) is 14.8 Å². The molecule has 0 aromatic carbocycles. The van der Waals surface area contributed by atoms with Crippen molar-refractivity contribution in [3.8, 4) is 11.8 Å². The highest BCUT2D eigenvalue weighted by Gasteiger charge is 2.09. The van der Waals surface area contributed by atoms with Crippen LogP contribution in [0.4, 0.5) is 0 Å². The first-order chi connectivity index (χ1) is 6.31. The van der Waals surface area contributed by atoms with Crippen LogP contribution >= 0.6 is 0 Å². The quantitative estimate of drug-likeness (QED) is 0.647. The van der Waals surface area contributed by atoms with Crippen molar-refractivity contribution in [2.45, 2.75) is 6.54 Å². The minimum absolute atomic E-state index is 0.169. The van der Waals surface area contributed by atoms with Crippen molar-refractivity contribution in [3.05, 3.63) is 23.3 Å². The highest BCUT2D eigenvalue weighted by atomic mass is 16.5. The lowest BCUT2D eigenvalue weighted by atomic mass is 10.4. The highest BCUT2D eigenvalue weighted by Crippen LogP contribution is 2.17. The molecule has 0 aliphatic carbocycles. The molecule has 13 heavy (non-hydrogen) atoms. The Morgan fingerprint density at radius 2 is 2.23 bits per heavy atom. The van der Waals surface area contributed by atoms with Gasteiger partial charge in [0.05, 0.1) is 20.4 Å². The van der Waals surface area contributed by atoms with Crippen LogP contribution in [0.2, 0.25) is 0 Å². The van der Waals surface area contributed by atoms with E-state index < -0.39 is 0 Å². The predicted molar refractivity (Wildman–Crippen MR) is 45.4 cm³/mol. The van der Waals surface area contributed by atoms with E-state index in [0.717, 1.165) is 0 Å². The molecule has 5 nitrogen and oxygen atoms in total. The number of methoxy groups -OCH3 is 2. The second-order valence-corrected chi connectivity index (χ2v) is 2.19. The Morgan fingerprint density at radius 1 is 1.46 bits per heavy atom. The van der Waals surface area contributed by atoms with E-state index in [1.54, 1.807) is 0 Å². The van der Waals surface area contributed by atoms with Gasteiger partial charge in [-0.15, -0.1) is 0 Å². The number of hydrogen-bond acceptors (Lipinski definition) is 4. The van der Waals surface area contributed by atoms with Crippen molar-refractivity contribution in [1.29, 1.82) is 0 Å². The van der Waals surface area contributed by atoms with Gasteiger partial charge in [0.1, 0.15) is 0 Å². The first kappa shape index (κ1) is 9.26. The first-order valence-corrected chi connectivity index (χ1v) is 3.59. The fourth-order valence-electron chi connectivity index (χ4n) is 0.845. The molecule has 0 aliphatic rings. The Labute approximate surface area is 76.2 Å². The number of hydrogen-bond donors (Lipinski definition) is 0. The molecule has 1 aromatic heterocycles. The van der Waals surface area contributed by atoms with Gasteiger partial charge < -0.3 is 14.3 Å². The van der Waals surface area contributed by atoms with Crippen LogP contribution < -0.4 is 9.47 Å². The van der Waals surface area contributed by atoms with E-state index in [0.29, 0.717) is 11.4 Å². The van der Waals surface area contributed by atoms with E-state index >= 15 is 0 Å². The minimum Gasteiger partial charge on any atom is -0.493 e. The Morgan fingerprint density at radius 3 is 2.77 bits per heavy atom. The molecule has 0 unspecified atom stereocenters. The van der Waals surface area contributed by atoms with Crippen LogP contribution in [0.3, 0.4) is 0 Å². The molecular weight excluding hydrogens is 170 g/mol. The van der Waals surface area contributed by atoms with Gasteiger partial charge in [-0.3, -0.25) is 0 Å². The molecule has 0 spiro atoms. The van der Waals surface area contributed by atoms with Crippen molar-refractivity contribution >= 4 is 0 Å². The van der Waals surface area contributed by atoms with Crippen LogP contribution in [0.15, 0.2) is 6.20 Å². The van der Waals surface area contributed by atoms with Crippen LogP contribution in [0.5, 0.6) is 11.8 Å². The van der Waals surface area contributed by atoms with Gasteiger partial charge in [-0.05, 0) is 0 Å². The Bertz CT molecular complexity index is 333.